The molecule has 2 rings (SSSR count). The molecule has 0 atom stereocenters. The van der Waals surface area contributed by atoms with Gasteiger partial charge < -0.3 is 4.57 Å². The smallest absolute Gasteiger partial charge is 0.159 e. The predicted molar refractivity (Wildman–Crippen MR) is 52.9 cm³/mol. The van der Waals surface area contributed by atoms with E-state index in [1.807, 2.05) is 23.7 Å². The second-order valence-corrected chi connectivity index (χ2v) is 3.25. The molecule has 0 aliphatic carbocycles. The van der Waals surface area contributed by atoms with Crippen molar-refractivity contribution in [3.05, 3.63) is 24.2 Å². The maximum Gasteiger partial charge on any atom is 0.159 e. The van der Waals surface area contributed by atoms with Crippen molar-refractivity contribution in [2.75, 3.05) is 5.88 Å². The summed E-state index contributed by atoms with van der Waals surface area (Å²) >= 11 is 5.66. The number of imidazole rings is 1. The molecule has 0 bridgehead atoms. The fraction of sp³-hybridized carbons (Fsp3) is 0.333. The zero-order chi connectivity index (χ0) is 9.26. The quantitative estimate of drug-likeness (QED) is 0.684. The van der Waals surface area contributed by atoms with Crippen LogP contribution in [0.2, 0.25) is 0 Å². The minimum atomic E-state index is 0.594. The van der Waals surface area contributed by atoms with Crippen molar-refractivity contribution in [2.24, 2.45) is 7.05 Å². The number of fused-ring (bicyclic) bond motifs is 1. The molecule has 0 N–H and O–H groups in total. The number of halogens is 1. The number of pyridine rings is 1. The van der Waals surface area contributed by atoms with E-state index in [-0.39, 0.29) is 0 Å². The maximum atomic E-state index is 5.66. The molecule has 0 aliphatic heterocycles. The Morgan fingerprint density at radius 3 is 3.08 bits per heavy atom. The summed E-state index contributed by atoms with van der Waals surface area (Å²) < 4.78 is 1.98. The highest BCUT2D eigenvalue weighted by Gasteiger charge is 2.06. The van der Waals surface area contributed by atoms with Gasteiger partial charge in [0.2, 0.25) is 0 Å². The van der Waals surface area contributed by atoms with Gasteiger partial charge >= 0.3 is 0 Å². The van der Waals surface area contributed by atoms with Crippen LogP contribution in [0.15, 0.2) is 18.3 Å². The van der Waals surface area contributed by atoms with Crippen molar-refractivity contribution in [2.45, 2.75) is 6.42 Å². The van der Waals surface area contributed by atoms with Gasteiger partial charge in [-0.1, -0.05) is 0 Å². The summed E-state index contributed by atoms with van der Waals surface area (Å²) in [4.78, 5) is 8.66. The average molecular weight is 196 g/mol. The van der Waals surface area contributed by atoms with Crippen LogP contribution in [0.5, 0.6) is 0 Å². The van der Waals surface area contributed by atoms with Crippen molar-refractivity contribution in [1.29, 1.82) is 0 Å². The molecule has 2 aromatic rings. The van der Waals surface area contributed by atoms with Crippen molar-refractivity contribution < 1.29 is 0 Å². The molecule has 2 heterocycles. The Morgan fingerprint density at radius 1 is 1.54 bits per heavy atom. The SMILES string of the molecule is Cn1c(CCCl)nc2cccnc21. The van der Waals surface area contributed by atoms with Crippen LogP contribution < -0.4 is 0 Å². The van der Waals surface area contributed by atoms with Crippen LogP contribution in [0.4, 0.5) is 0 Å². The minimum absolute atomic E-state index is 0.594. The lowest BCUT2D eigenvalue weighted by molar-refractivity contribution is 0.823. The van der Waals surface area contributed by atoms with E-state index in [4.69, 9.17) is 11.6 Å². The van der Waals surface area contributed by atoms with Crippen molar-refractivity contribution in [1.82, 2.24) is 14.5 Å². The van der Waals surface area contributed by atoms with Crippen LogP contribution in [-0.4, -0.2) is 20.4 Å². The lowest BCUT2D eigenvalue weighted by Gasteiger charge is -1.97. The molecule has 0 spiro atoms. The fourth-order valence-corrected chi connectivity index (χ4v) is 1.55. The molecule has 0 aliphatic rings. The van der Waals surface area contributed by atoms with Gasteiger partial charge in [0, 0.05) is 25.5 Å². The molecule has 0 unspecified atom stereocenters. The molecular weight excluding hydrogens is 186 g/mol. The van der Waals surface area contributed by atoms with Gasteiger partial charge in [-0.3, -0.25) is 0 Å². The molecular formula is C9H10ClN3. The summed E-state index contributed by atoms with van der Waals surface area (Å²) in [6.07, 6.45) is 2.56. The van der Waals surface area contributed by atoms with Gasteiger partial charge in [-0.15, -0.1) is 11.6 Å². The fourth-order valence-electron chi connectivity index (χ4n) is 1.38. The number of hydrogen-bond acceptors (Lipinski definition) is 2. The van der Waals surface area contributed by atoms with Crippen LogP contribution in [0, 0.1) is 0 Å². The van der Waals surface area contributed by atoms with Crippen LogP contribution in [0.3, 0.4) is 0 Å². The number of nitrogens with zero attached hydrogens (tertiary/aromatic N) is 3. The molecule has 0 fully saturated rings. The van der Waals surface area contributed by atoms with Crippen molar-refractivity contribution >= 4 is 22.8 Å². The largest absolute Gasteiger partial charge is 0.316 e. The topological polar surface area (TPSA) is 30.7 Å². The Kier molecular flexibility index (Phi) is 2.19. The normalized spacial score (nSPS) is 10.9. The highest BCUT2D eigenvalue weighted by Crippen LogP contribution is 2.11. The van der Waals surface area contributed by atoms with Crippen LogP contribution >= 0.6 is 11.6 Å². The highest BCUT2D eigenvalue weighted by molar-refractivity contribution is 6.17. The van der Waals surface area contributed by atoms with Crippen molar-refractivity contribution in [3.63, 3.8) is 0 Å². The first kappa shape index (κ1) is 8.51. The summed E-state index contributed by atoms with van der Waals surface area (Å²) in [5, 5.41) is 0. The first-order valence-corrected chi connectivity index (χ1v) is 4.68. The zero-order valence-corrected chi connectivity index (χ0v) is 8.12. The molecule has 2 aromatic heterocycles. The number of aromatic nitrogens is 3. The van der Waals surface area contributed by atoms with Gasteiger partial charge in [0.1, 0.15) is 11.3 Å². The number of hydrogen-bond donors (Lipinski definition) is 0. The highest BCUT2D eigenvalue weighted by atomic mass is 35.5. The molecule has 13 heavy (non-hydrogen) atoms. The standard InChI is InChI=1S/C9H10ClN3/c1-13-8(4-5-10)12-7-3-2-6-11-9(7)13/h2-3,6H,4-5H2,1H3. The van der Waals surface area contributed by atoms with E-state index in [1.165, 1.54) is 0 Å². The lowest BCUT2D eigenvalue weighted by Crippen LogP contribution is -1.98. The van der Waals surface area contributed by atoms with E-state index in [0.717, 1.165) is 23.4 Å². The van der Waals surface area contributed by atoms with E-state index in [9.17, 15) is 0 Å². The second kappa shape index (κ2) is 3.34. The van der Waals surface area contributed by atoms with Crippen molar-refractivity contribution in [3.8, 4) is 0 Å². The Balaban J connectivity index is 2.60. The van der Waals surface area contributed by atoms with E-state index in [0.29, 0.717) is 5.88 Å². The van der Waals surface area contributed by atoms with Gasteiger partial charge in [-0.05, 0) is 12.1 Å². The summed E-state index contributed by atoms with van der Waals surface area (Å²) in [5.41, 5.74) is 1.85. The first-order chi connectivity index (χ1) is 6.33. The third kappa shape index (κ3) is 1.40. The van der Waals surface area contributed by atoms with Gasteiger partial charge in [0.05, 0.1) is 0 Å². The summed E-state index contributed by atoms with van der Waals surface area (Å²) in [7, 11) is 1.96. The van der Waals surface area contributed by atoms with E-state index >= 15 is 0 Å². The Hall–Kier alpha value is -1.09. The van der Waals surface area contributed by atoms with Gasteiger partial charge in [0.25, 0.3) is 0 Å². The Morgan fingerprint density at radius 2 is 2.38 bits per heavy atom. The van der Waals surface area contributed by atoms with Gasteiger partial charge in [0.15, 0.2) is 5.65 Å². The monoisotopic (exact) mass is 195 g/mol. The second-order valence-electron chi connectivity index (χ2n) is 2.87. The summed E-state index contributed by atoms with van der Waals surface area (Å²) in [6, 6.07) is 3.85. The molecule has 68 valence electrons. The Labute approximate surface area is 81.4 Å². The van der Waals surface area contributed by atoms with E-state index < -0.39 is 0 Å². The average Bonchev–Trinajstić information content (AvgIpc) is 2.46. The predicted octanol–water partition coefficient (Wildman–Crippen LogP) is 1.75. The summed E-state index contributed by atoms with van der Waals surface area (Å²) in [5.74, 6) is 1.58. The van der Waals surface area contributed by atoms with Crippen LogP contribution in [-0.2, 0) is 13.5 Å². The molecule has 4 heteroatoms. The summed E-state index contributed by atoms with van der Waals surface area (Å²) in [6.45, 7) is 0. The third-order valence-electron chi connectivity index (χ3n) is 2.04. The van der Waals surface area contributed by atoms with E-state index in [1.54, 1.807) is 6.20 Å². The molecule has 0 amide bonds. The molecule has 3 nitrogen and oxygen atoms in total. The molecule has 0 aromatic carbocycles. The van der Waals surface area contributed by atoms with E-state index in [2.05, 4.69) is 9.97 Å². The van der Waals surface area contributed by atoms with Crippen LogP contribution in [0.25, 0.3) is 11.2 Å². The molecule has 0 saturated carbocycles. The lowest BCUT2D eigenvalue weighted by atomic mass is 10.4. The minimum Gasteiger partial charge on any atom is -0.316 e. The maximum absolute atomic E-state index is 5.66. The number of alkyl halides is 1. The third-order valence-corrected chi connectivity index (χ3v) is 2.23. The number of rotatable bonds is 2. The first-order valence-electron chi connectivity index (χ1n) is 4.15. The van der Waals surface area contributed by atoms with Crippen LogP contribution in [0.1, 0.15) is 5.82 Å². The Bertz CT molecular complexity index is 422. The molecule has 0 radical (unpaired) electrons. The van der Waals surface area contributed by atoms with Gasteiger partial charge in [-0.25, -0.2) is 9.97 Å². The zero-order valence-electron chi connectivity index (χ0n) is 7.37. The van der Waals surface area contributed by atoms with Gasteiger partial charge in [-0.2, -0.15) is 0 Å². The molecule has 0 saturated heterocycles. The number of aryl methyl sites for hydroxylation is 2.